The molecule has 0 spiro atoms. The van der Waals surface area contributed by atoms with Gasteiger partial charge in [-0.25, -0.2) is 9.59 Å². The van der Waals surface area contributed by atoms with E-state index in [-0.39, 0.29) is 0 Å². The van der Waals surface area contributed by atoms with Crippen molar-refractivity contribution >= 4 is 27.9 Å². The summed E-state index contributed by atoms with van der Waals surface area (Å²) in [7, 11) is 0. The molecule has 0 aliphatic carbocycles. The van der Waals surface area contributed by atoms with E-state index in [1.807, 2.05) is 18.2 Å². The highest BCUT2D eigenvalue weighted by Gasteiger charge is 2.13. The van der Waals surface area contributed by atoms with Crippen molar-refractivity contribution in [2.45, 2.75) is 26.7 Å². The maximum atomic E-state index is 12.5. The van der Waals surface area contributed by atoms with Crippen molar-refractivity contribution in [1.82, 2.24) is 0 Å². The standard InChI is InChI=1S/C27H27BrO5/c1-19(2)18-32-25-15-12-22(17-24(25)28)27(30)33-23-13-10-21(11-14-23)26(29)31-16-6-9-20-7-4-3-5-8-20/h3-5,7-8,10-15,17,19H,6,9,16,18H2,1-2H3. The number of hydrogen-bond acceptors (Lipinski definition) is 5. The second kappa shape index (κ2) is 12.2. The number of esters is 2. The lowest BCUT2D eigenvalue weighted by Gasteiger charge is -2.11. The van der Waals surface area contributed by atoms with Crippen molar-refractivity contribution in [3.05, 3.63) is 94.0 Å². The molecule has 0 radical (unpaired) electrons. The summed E-state index contributed by atoms with van der Waals surface area (Å²) in [6.07, 6.45) is 1.60. The predicted octanol–water partition coefficient (Wildman–Crippen LogP) is 6.49. The van der Waals surface area contributed by atoms with Crippen LogP contribution in [0.3, 0.4) is 0 Å². The second-order valence-electron chi connectivity index (χ2n) is 7.99. The number of carbonyl (C=O) groups excluding carboxylic acids is 2. The molecule has 3 aromatic rings. The Bertz CT molecular complexity index is 1060. The molecule has 5 nitrogen and oxygen atoms in total. The average Bonchev–Trinajstić information content (AvgIpc) is 2.82. The lowest BCUT2D eigenvalue weighted by molar-refractivity contribution is 0.0500. The van der Waals surface area contributed by atoms with E-state index in [1.165, 1.54) is 5.56 Å². The van der Waals surface area contributed by atoms with Gasteiger partial charge in [0.2, 0.25) is 0 Å². The van der Waals surface area contributed by atoms with Crippen molar-refractivity contribution in [2.24, 2.45) is 5.92 Å². The normalized spacial score (nSPS) is 10.7. The van der Waals surface area contributed by atoms with E-state index in [2.05, 4.69) is 41.9 Å². The molecular formula is C27H27BrO5. The molecule has 0 aromatic heterocycles. The van der Waals surface area contributed by atoms with Gasteiger partial charge in [0.05, 0.1) is 28.8 Å². The topological polar surface area (TPSA) is 61.8 Å². The first-order valence-corrected chi connectivity index (χ1v) is 11.7. The zero-order valence-corrected chi connectivity index (χ0v) is 20.3. The number of carbonyl (C=O) groups is 2. The van der Waals surface area contributed by atoms with Gasteiger partial charge in [0.25, 0.3) is 0 Å². The number of ether oxygens (including phenoxy) is 3. The average molecular weight is 511 g/mol. The van der Waals surface area contributed by atoms with Crippen LogP contribution in [0.15, 0.2) is 77.3 Å². The van der Waals surface area contributed by atoms with E-state index in [4.69, 9.17) is 14.2 Å². The van der Waals surface area contributed by atoms with E-state index in [0.717, 1.165) is 12.8 Å². The summed E-state index contributed by atoms with van der Waals surface area (Å²) in [4.78, 5) is 24.7. The Kier molecular flexibility index (Phi) is 9.07. The van der Waals surface area contributed by atoms with Crippen LogP contribution < -0.4 is 9.47 Å². The molecule has 3 aromatic carbocycles. The Labute approximate surface area is 202 Å². The third-order valence-electron chi connectivity index (χ3n) is 4.73. The van der Waals surface area contributed by atoms with Gasteiger partial charge < -0.3 is 14.2 Å². The van der Waals surface area contributed by atoms with Crippen molar-refractivity contribution < 1.29 is 23.8 Å². The molecule has 0 unspecified atom stereocenters. The summed E-state index contributed by atoms with van der Waals surface area (Å²) in [6, 6.07) is 21.4. The highest BCUT2D eigenvalue weighted by molar-refractivity contribution is 9.10. The van der Waals surface area contributed by atoms with E-state index in [0.29, 0.717) is 46.2 Å². The molecule has 0 amide bonds. The van der Waals surface area contributed by atoms with E-state index < -0.39 is 11.9 Å². The fourth-order valence-corrected chi connectivity index (χ4v) is 3.49. The van der Waals surface area contributed by atoms with Crippen LogP contribution in [-0.4, -0.2) is 25.2 Å². The van der Waals surface area contributed by atoms with Gasteiger partial charge in [-0.15, -0.1) is 0 Å². The molecule has 0 aliphatic rings. The molecule has 0 atom stereocenters. The first-order chi connectivity index (χ1) is 15.9. The number of benzene rings is 3. The molecule has 0 fully saturated rings. The molecule has 33 heavy (non-hydrogen) atoms. The Morgan fingerprint density at radius 2 is 1.58 bits per heavy atom. The van der Waals surface area contributed by atoms with Crippen molar-refractivity contribution in [2.75, 3.05) is 13.2 Å². The van der Waals surface area contributed by atoms with Gasteiger partial charge >= 0.3 is 11.9 Å². The smallest absolute Gasteiger partial charge is 0.343 e. The summed E-state index contributed by atoms with van der Waals surface area (Å²) in [5, 5.41) is 0. The fraction of sp³-hybridized carbons (Fsp3) is 0.259. The fourth-order valence-electron chi connectivity index (χ4n) is 3.00. The second-order valence-corrected chi connectivity index (χ2v) is 8.84. The number of rotatable bonds is 10. The van der Waals surface area contributed by atoms with Crippen LogP contribution in [0.1, 0.15) is 46.5 Å². The van der Waals surface area contributed by atoms with Gasteiger partial charge in [0.1, 0.15) is 11.5 Å². The van der Waals surface area contributed by atoms with E-state index in [9.17, 15) is 9.59 Å². The van der Waals surface area contributed by atoms with Crippen molar-refractivity contribution in [3.8, 4) is 11.5 Å². The Hall–Kier alpha value is -3.12. The zero-order valence-electron chi connectivity index (χ0n) is 18.8. The van der Waals surface area contributed by atoms with Gasteiger partial charge in [0, 0.05) is 0 Å². The third kappa shape index (κ3) is 7.75. The summed E-state index contributed by atoms with van der Waals surface area (Å²) < 4.78 is 17.1. The maximum absolute atomic E-state index is 12.5. The molecule has 172 valence electrons. The minimum atomic E-state index is -0.498. The summed E-state index contributed by atoms with van der Waals surface area (Å²) in [5.41, 5.74) is 2.01. The highest BCUT2D eigenvalue weighted by atomic mass is 79.9. The first-order valence-electron chi connectivity index (χ1n) is 10.9. The first kappa shape index (κ1) is 24.5. The quantitative estimate of drug-likeness (QED) is 0.177. The zero-order chi connectivity index (χ0) is 23.6. The van der Waals surface area contributed by atoms with Crippen molar-refractivity contribution in [3.63, 3.8) is 0 Å². The third-order valence-corrected chi connectivity index (χ3v) is 5.35. The molecule has 0 N–H and O–H groups in total. The molecule has 0 saturated heterocycles. The lowest BCUT2D eigenvalue weighted by Crippen LogP contribution is -2.10. The summed E-state index contributed by atoms with van der Waals surface area (Å²) in [6.45, 7) is 5.06. The van der Waals surface area contributed by atoms with Gasteiger partial charge in [0.15, 0.2) is 0 Å². The monoisotopic (exact) mass is 510 g/mol. The summed E-state index contributed by atoms with van der Waals surface area (Å²) in [5.74, 6) is 0.518. The van der Waals surface area contributed by atoms with Crippen molar-refractivity contribution in [1.29, 1.82) is 0 Å². The minimum Gasteiger partial charge on any atom is -0.492 e. The van der Waals surface area contributed by atoms with Gasteiger partial charge in [-0.1, -0.05) is 44.2 Å². The minimum absolute atomic E-state index is 0.343. The molecule has 6 heteroatoms. The van der Waals surface area contributed by atoms with Crippen LogP contribution in [0.25, 0.3) is 0 Å². The molecular weight excluding hydrogens is 484 g/mol. The van der Waals surface area contributed by atoms with Crippen LogP contribution in [0, 0.1) is 5.92 Å². The van der Waals surface area contributed by atoms with E-state index >= 15 is 0 Å². The van der Waals surface area contributed by atoms with Gasteiger partial charge in [-0.2, -0.15) is 0 Å². The number of aryl methyl sites for hydroxylation is 1. The predicted molar refractivity (Wildman–Crippen MR) is 131 cm³/mol. The molecule has 0 aliphatic heterocycles. The lowest BCUT2D eigenvalue weighted by atomic mass is 10.1. The highest BCUT2D eigenvalue weighted by Crippen LogP contribution is 2.27. The van der Waals surface area contributed by atoms with Crippen LogP contribution >= 0.6 is 15.9 Å². The van der Waals surface area contributed by atoms with Crippen LogP contribution in [0.5, 0.6) is 11.5 Å². The van der Waals surface area contributed by atoms with Gasteiger partial charge in [-0.05, 0) is 82.7 Å². The van der Waals surface area contributed by atoms with Crippen LogP contribution in [-0.2, 0) is 11.2 Å². The SMILES string of the molecule is CC(C)COc1ccc(C(=O)Oc2ccc(C(=O)OCCCc3ccccc3)cc2)cc1Br. The molecule has 0 saturated carbocycles. The van der Waals surface area contributed by atoms with E-state index in [1.54, 1.807) is 42.5 Å². The van der Waals surface area contributed by atoms with Crippen LogP contribution in [0.2, 0.25) is 0 Å². The summed E-state index contributed by atoms with van der Waals surface area (Å²) >= 11 is 3.43. The Balaban J connectivity index is 1.48. The van der Waals surface area contributed by atoms with Crippen LogP contribution in [0.4, 0.5) is 0 Å². The number of hydrogen-bond donors (Lipinski definition) is 0. The largest absolute Gasteiger partial charge is 0.492 e. The molecule has 0 heterocycles. The maximum Gasteiger partial charge on any atom is 0.343 e. The number of halogens is 1. The van der Waals surface area contributed by atoms with Gasteiger partial charge in [-0.3, -0.25) is 0 Å². The Morgan fingerprint density at radius 3 is 2.24 bits per heavy atom. The molecule has 0 bridgehead atoms. The Morgan fingerprint density at radius 1 is 0.879 bits per heavy atom. The molecule has 3 rings (SSSR count).